The summed E-state index contributed by atoms with van der Waals surface area (Å²) >= 11 is 3.96. The Morgan fingerprint density at radius 3 is 2.16 bits per heavy atom. The number of nitrogens with zero attached hydrogens (tertiary/aromatic N) is 2. The molecule has 68 heavy (non-hydrogen) atoms. The molecule has 3 heterocycles. The molecule has 0 bridgehead atoms. The van der Waals surface area contributed by atoms with Crippen LogP contribution < -0.4 is 4.90 Å². The van der Waals surface area contributed by atoms with Crippen molar-refractivity contribution in [1.82, 2.24) is 0 Å². The van der Waals surface area contributed by atoms with E-state index in [1.165, 1.54) is 176 Å². The number of carboxylic acids is 1. The Kier molecular flexibility index (Phi) is 16.1. The zero-order valence-electron chi connectivity index (χ0n) is 42.0. The highest BCUT2D eigenvalue weighted by atomic mass is 32.1. The van der Waals surface area contributed by atoms with Crippen molar-refractivity contribution in [1.29, 1.82) is 5.26 Å². The van der Waals surface area contributed by atoms with Crippen LogP contribution in [0.25, 0.3) is 36.9 Å². The lowest BCUT2D eigenvalue weighted by molar-refractivity contribution is -0.132. The van der Waals surface area contributed by atoms with Gasteiger partial charge in [-0.15, -0.1) is 22.7 Å². The lowest BCUT2D eigenvalue weighted by Gasteiger charge is -2.29. The highest BCUT2D eigenvalue weighted by molar-refractivity contribution is 7.24. The van der Waals surface area contributed by atoms with E-state index in [1.807, 2.05) is 35.7 Å². The molecule has 4 nitrogen and oxygen atoms in total. The maximum absolute atomic E-state index is 11.8. The van der Waals surface area contributed by atoms with Crippen molar-refractivity contribution in [2.75, 3.05) is 4.90 Å². The molecule has 2 aliphatic carbocycles. The number of nitriles is 1. The Labute approximate surface area is 416 Å². The molecule has 2 atom stereocenters. The quantitative estimate of drug-likeness (QED) is 0.0325. The van der Waals surface area contributed by atoms with E-state index in [0.717, 1.165) is 37.7 Å². The van der Waals surface area contributed by atoms with Crippen molar-refractivity contribution < 1.29 is 9.90 Å². The zero-order chi connectivity index (χ0) is 48.0. The van der Waals surface area contributed by atoms with E-state index in [-0.39, 0.29) is 11.0 Å². The van der Waals surface area contributed by atoms with Crippen LogP contribution >= 0.6 is 22.7 Å². The molecule has 0 radical (unpaired) electrons. The minimum Gasteiger partial charge on any atom is -0.477 e. The van der Waals surface area contributed by atoms with Gasteiger partial charge >= 0.3 is 5.97 Å². The lowest BCUT2D eigenvalue weighted by Crippen LogP contribution is -2.27. The molecule has 8 rings (SSSR count). The number of hydrogen-bond acceptors (Lipinski definition) is 5. The van der Waals surface area contributed by atoms with E-state index >= 15 is 0 Å². The summed E-state index contributed by atoms with van der Waals surface area (Å²) in [6, 6.07) is 31.2. The molecule has 0 spiro atoms. The predicted molar refractivity (Wildman–Crippen MR) is 292 cm³/mol. The van der Waals surface area contributed by atoms with Crippen molar-refractivity contribution >= 4 is 45.6 Å². The SMILES string of the molecule is CCCCCCC(/C=C(C)/C=C(/C#N)C(=O)O)=C(/C)c1cc(CCCCCC)c(-c2cc(CCCCCC)c(-c3ccc4c(c3)C3CCCC3N4c3ccc4c(c3)C(C)(C)c3ccccc3-4)s2)s1. The van der Waals surface area contributed by atoms with Crippen LogP contribution in [0, 0.1) is 11.3 Å². The van der Waals surface area contributed by atoms with Crippen molar-refractivity contribution in [3.8, 4) is 37.4 Å². The number of hydrogen-bond donors (Lipinski definition) is 1. The van der Waals surface area contributed by atoms with Crippen molar-refractivity contribution in [2.24, 2.45) is 0 Å². The fraction of sp³-hybridized carbons (Fsp3) is 0.452. The maximum Gasteiger partial charge on any atom is 0.346 e. The molecule has 2 unspecified atom stereocenters. The van der Waals surface area contributed by atoms with Gasteiger partial charge in [0.15, 0.2) is 0 Å². The van der Waals surface area contributed by atoms with Crippen molar-refractivity contribution in [2.45, 2.75) is 181 Å². The summed E-state index contributed by atoms with van der Waals surface area (Å²) in [7, 11) is 0. The minimum absolute atomic E-state index is 0.0296. The Bertz CT molecular complexity index is 2750. The molecule has 1 saturated carbocycles. The van der Waals surface area contributed by atoms with Crippen LogP contribution in [0.2, 0.25) is 0 Å². The number of aryl methyl sites for hydroxylation is 2. The van der Waals surface area contributed by atoms with Gasteiger partial charge in [0.05, 0.1) is 0 Å². The smallest absolute Gasteiger partial charge is 0.346 e. The van der Waals surface area contributed by atoms with E-state index in [0.29, 0.717) is 12.0 Å². The Morgan fingerprint density at radius 2 is 1.46 bits per heavy atom. The van der Waals surface area contributed by atoms with Crippen LogP contribution in [-0.4, -0.2) is 17.1 Å². The number of aliphatic carboxylic acids is 1. The van der Waals surface area contributed by atoms with Gasteiger partial charge in [-0.25, -0.2) is 4.79 Å². The largest absolute Gasteiger partial charge is 0.477 e. The molecule has 1 aliphatic heterocycles. The third-order valence-corrected chi connectivity index (χ3v) is 18.0. The summed E-state index contributed by atoms with van der Waals surface area (Å²) in [4.78, 5) is 20.0. The van der Waals surface area contributed by atoms with Gasteiger partial charge in [0.2, 0.25) is 0 Å². The van der Waals surface area contributed by atoms with E-state index in [1.54, 1.807) is 0 Å². The molecule has 0 amide bonds. The summed E-state index contributed by atoms with van der Waals surface area (Å²) in [6.45, 7) is 15.8. The molecule has 6 heteroatoms. The number of fused-ring (bicyclic) bond motifs is 6. The highest BCUT2D eigenvalue weighted by Crippen LogP contribution is 2.56. The van der Waals surface area contributed by atoms with Crippen LogP contribution in [0.5, 0.6) is 0 Å². The third kappa shape index (κ3) is 10.3. The van der Waals surface area contributed by atoms with E-state index in [9.17, 15) is 15.2 Å². The van der Waals surface area contributed by atoms with Gasteiger partial charge in [-0.2, -0.15) is 5.26 Å². The molecule has 1 fully saturated rings. The number of allylic oxidation sites excluding steroid dienone is 5. The number of carbonyl (C=O) groups is 1. The number of unbranched alkanes of at least 4 members (excludes halogenated alkanes) is 9. The Hall–Kier alpha value is -4.96. The van der Waals surface area contributed by atoms with E-state index in [4.69, 9.17) is 0 Å². The average molecular weight is 943 g/mol. The second-order valence-electron chi connectivity index (χ2n) is 20.5. The fourth-order valence-electron chi connectivity index (χ4n) is 11.6. The summed E-state index contributed by atoms with van der Waals surface area (Å²) < 4.78 is 0. The van der Waals surface area contributed by atoms with Gasteiger partial charge in [-0.1, -0.05) is 141 Å². The first-order valence-corrected chi connectivity index (χ1v) is 27.8. The fourth-order valence-corrected chi connectivity index (χ4v) is 14.2. The topological polar surface area (TPSA) is 64.3 Å². The first kappa shape index (κ1) is 49.5. The molecule has 3 aliphatic rings. The number of rotatable bonds is 22. The average Bonchev–Trinajstić information content (AvgIpc) is 4.17. The molecular weight excluding hydrogens is 869 g/mol. The van der Waals surface area contributed by atoms with E-state index < -0.39 is 5.97 Å². The normalized spacial score (nSPS) is 17.5. The molecule has 356 valence electrons. The van der Waals surface area contributed by atoms with Crippen molar-refractivity contribution in [3.63, 3.8) is 0 Å². The number of anilines is 2. The molecule has 3 aromatic carbocycles. The van der Waals surface area contributed by atoms with Crippen LogP contribution in [0.1, 0.15) is 190 Å². The lowest BCUT2D eigenvalue weighted by atomic mass is 9.82. The monoisotopic (exact) mass is 943 g/mol. The predicted octanol–water partition coefficient (Wildman–Crippen LogP) is 18.7. The summed E-state index contributed by atoms with van der Waals surface area (Å²) in [5.74, 6) is -0.642. The second-order valence-corrected chi connectivity index (χ2v) is 22.6. The van der Waals surface area contributed by atoms with Crippen LogP contribution in [0.4, 0.5) is 11.4 Å². The first-order valence-electron chi connectivity index (χ1n) is 26.2. The first-order chi connectivity index (χ1) is 33.0. The standard InChI is InChI=1S/C62H74N2O2S2/c1-8-11-14-17-23-43(34-41(4)35-47(40-63)61(65)66)42(5)57-37-45(25-19-16-13-10-3)60(67-57)58-38-44(24-18-15-12-9-2)59(68-58)46-30-33-56-52(36-46)51-27-22-29-55(51)64(56)48-31-32-50-49-26-20-21-28-53(49)62(6,7)54(50)39-48/h20-21,26,28,30-39,51,55H,8-19,22-25,27,29H2,1-7H3,(H,65,66)/b41-34+,43-42+,47-35-. The summed E-state index contributed by atoms with van der Waals surface area (Å²) in [6.07, 6.45) is 25.0. The molecule has 0 saturated heterocycles. The van der Waals surface area contributed by atoms with Gasteiger partial charge in [-0.05, 0) is 169 Å². The third-order valence-electron chi connectivity index (χ3n) is 15.3. The van der Waals surface area contributed by atoms with Gasteiger partial charge in [0, 0.05) is 48.3 Å². The van der Waals surface area contributed by atoms with Crippen LogP contribution in [-0.2, 0) is 23.1 Å². The van der Waals surface area contributed by atoms with Gasteiger partial charge < -0.3 is 10.0 Å². The number of benzene rings is 3. The van der Waals surface area contributed by atoms with Gasteiger partial charge in [0.25, 0.3) is 0 Å². The second kappa shape index (κ2) is 22.2. The summed E-state index contributed by atoms with van der Waals surface area (Å²) in [5, 5.41) is 19.2. The van der Waals surface area contributed by atoms with E-state index in [2.05, 4.69) is 125 Å². The number of thiophene rings is 2. The Morgan fingerprint density at radius 1 is 0.765 bits per heavy atom. The summed E-state index contributed by atoms with van der Waals surface area (Å²) in [5.41, 5.74) is 17.3. The maximum atomic E-state index is 11.8. The molecule has 1 N–H and O–H groups in total. The minimum atomic E-state index is -1.18. The number of carboxylic acid groups (broad SMARTS) is 1. The molecule has 2 aromatic heterocycles. The van der Waals surface area contributed by atoms with Gasteiger partial charge in [-0.3, -0.25) is 0 Å². The van der Waals surface area contributed by atoms with Gasteiger partial charge in [0.1, 0.15) is 11.6 Å². The highest BCUT2D eigenvalue weighted by Gasteiger charge is 2.43. The van der Waals surface area contributed by atoms with Crippen molar-refractivity contribution in [3.05, 3.63) is 134 Å². The molecular formula is C62H74N2O2S2. The zero-order valence-corrected chi connectivity index (χ0v) is 43.7. The molecule has 5 aromatic rings. The Balaban J connectivity index is 1.19. The van der Waals surface area contributed by atoms with Crippen LogP contribution in [0.3, 0.4) is 0 Å². The van der Waals surface area contributed by atoms with Crippen LogP contribution in [0.15, 0.2) is 102 Å².